The highest BCUT2D eigenvalue weighted by Crippen LogP contribution is 2.27. The van der Waals surface area contributed by atoms with Crippen LogP contribution in [-0.4, -0.2) is 60.9 Å². The third-order valence-electron chi connectivity index (χ3n) is 6.14. The summed E-state index contributed by atoms with van der Waals surface area (Å²) in [5, 5.41) is 7.12. The van der Waals surface area contributed by atoms with E-state index in [4.69, 9.17) is 4.74 Å². The van der Waals surface area contributed by atoms with Gasteiger partial charge in [0.15, 0.2) is 5.69 Å². The third-order valence-corrected chi connectivity index (χ3v) is 6.14. The van der Waals surface area contributed by atoms with Crippen LogP contribution in [0.4, 0.5) is 15.8 Å². The minimum atomic E-state index is -0.403. The molecule has 7 nitrogen and oxygen atoms in total. The Labute approximate surface area is 193 Å². The number of hydrogen-bond acceptors (Lipinski definition) is 5. The van der Waals surface area contributed by atoms with E-state index in [9.17, 15) is 9.18 Å². The van der Waals surface area contributed by atoms with Crippen molar-refractivity contribution in [3.8, 4) is 11.4 Å². The van der Waals surface area contributed by atoms with Crippen LogP contribution in [0.5, 0.6) is 5.75 Å². The van der Waals surface area contributed by atoms with Crippen LogP contribution in [0.3, 0.4) is 0 Å². The molecule has 0 saturated carbocycles. The standard InChI is InChI=1S/C25H30FN5O2/c1-17-5-8-24(33-4)23(15-17)31-14-11-21(28-31)25(32)27-18-6-7-22(20(26)16-18)30-12-9-19(10-13-30)29(2)3/h5-8,11,14-16,19H,9-10,12-13H2,1-4H3,(H,27,32). The van der Waals surface area contributed by atoms with Gasteiger partial charge in [0, 0.05) is 31.0 Å². The minimum absolute atomic E-state index is 0.230. The first-order valence-electron chi connectivity index (χ1n) is 11.1. The van der Waals surface area contributed by atoms with Crippen LogP contribution in [-0.2, 0) is 0 Å². The van der Waals surface area contributed by atoms with Crippen LogP contribution in [0.25, 0.3) is 5.69 Å². The molecule has 1 aliphatic heterocycles. The predicted octanol–water partition coefficient (Wildman–Crippen LogP) is 4.11. The van der Waals surface area contributed by atoms with Gasteiger partial charge in [-0.2, -0.15) is 5.10 Å². The summed E-state index contributed by atoms with van der Waals surface area (Å²) in [6, 6.07) is 12.7. The van der Waals surface area contributed by atoms with E-state index < -0.39 is 5.91 Å². The lowest BCUT2D eigenvalue weighted by Crippen LogP contribution is -2.42. The zero-order valence-electron chi connectivity index (χ0n) is 19.5. The zero-order valence-corrected chi connectivity index (χ0v) is 19.5. The normalized spacial score (nSPS) is 14.5. The van der Waals surface area contributed by atoms with Gasteiger partial charge < -0.3 is 19.9 Å². The molecule has 1 saturated heterocycles. The van der Waals surface area contributed by atoms with Gasteiger partial charge in [-0.3, -0.25) is 4.79 Å². The van der Waals surface area contributed by atoms with Crippen molar-refractivity contribution in [2.24, 2.45) is 0 Å². The number of methoxy groups -OCH3 is 1. The van der Waals surface area contributed by atoms with Crippen LogP contribution >= 0.6 is 0 Å². The maximum Gasteiger partial charge on any atom is 0.276 e. The molecule has 3 aromatic rings. The molecule has 1 amide bonds. The van der Waals surface area contributed by atoms with Gasteiger partial charge >= 0.3 is 0 Å². The maximum atomic E-state index is 14.9. The van der Waals surface area contributed by atoms with Crippen molar-refractivity contribution >= 4 is 17.3 Å². The molecule has 0 spiro atoms. The number of aryl methyl sites for hydroxylation is 1. The second kappa shape index (κ2) is 9.62. The van der Waals surface area contributed by atoms with E-state index in [1.54, 1.807) is 36.2 Å². The molecule has 0 aliphatic carbocycles. The summed E-state index contributed by atoms with van der Waals surface area (Å²) in [5.41, 5.74) is 2.99. The maximum absolute atomic E-state index is 14.9. The monoisotopic (exact) mass is 451 g/mol. The number of rotatable bonds is 6. The molecular weight excluding hydrogens is 421 g/mol. The lowest BCUT2D eigenvalue weighted by Gasteiger charge is -2.36. The molecule has 0 bridgehead atoms. The summed E-state index contributed by atoms with van der Waals surface area (Å²) in [5.74, 6) is -0.0895. The molecule has 0 unspecified atom stereocenters. The smallest absolute Gasteiger partial charge is 0.276 e. The van der Waals surface area contributed by atoms with E-state index in [0.717, 1.165) is 37.2 Å². The number of carbonyl (C=O) groups is 1. The van der Waals surface area contributed by atoms with Crippen molar-refractivity contribution in [3.05, 3.63) is 65.7 Å². The summed E-state index contributed by atoms with van der Waals surface area (Å²) in [6.45, 7) is 3.60. The second-order valence-electron chi connectivity index (χ2n) is 8.62. The van der Waals surface area contributed by atoms with Crippen molar-refractivity contribution in [1.82, 2.24) is 14.7 Å². The second-order valence-corrected chi connectivity index (χ2v) is 8.62. The number of nitrogens with zero attached hydrogens (tertiary/aromatic N) is 4. The molecule has 0 radical (unpaired) electrons. The fraction of sp³-hybridized carbons (Fsp3) is 0.360. The SMILES string of the molecule is COc1ccc(C)cc1-n1ccc(C(=O)Nc2ccc(N3CCC(N(C)C)CC3)c(F)c2)n1. The summed E-state index contributed by atoms with van der Waals surface area (Å²) < 4.78 is 21.9. The molecule has 1 aliphatic rings. The van der Waals surface area contributed by atoms with Gasteiger partial charge in [-0.25, -0.2) is 9.07 Å². The van der Waals surface area contributed by atoms with E-state index in [2.05, 4.69) is 34.3 Å². The van der Waals surface area contributed by atoms with Crippen molar-refractivity contribution in [3.63, 3.8) is 0 Å². The van der Waals surface area contributed by atoms with Crippen LogP contribution in [0.2, 0.25) is 0 Å². The Morgan fingerprint density at radius 2 is 1.88 bits per heavy atom. The Balaban J connectivity index is 1.45. The Kier molecular flexibility index (Phi) is 6.65. The van der Waals surface area contributed by atoms with Crippen LogP contribution in [0.15, 0.2) is 48.7 Å². The Morgan fingerprint density at radius 1 is 1.12 bits per heavy atom. The Hall–Kier alpha value is -3.39. The first-order valence-corrected chi connectivity index (χ1v) is 11.1. The van der Waals surface area contributed by atoms with Gasteiger partial charge in [0.2, 0.25) is 0 Å². The van der Waals surface area contributed by atoms with E-state index in [0.29, 0.717) is 23.2 Å². The van der Waals surface area contributed by atoms with E-state index in [-0.39, 0.29) is 11.5 Å². The van der Waals surface area contributed by atoms with Gasteiger partial charge in [-0.15, -0.1) is 0 Å². The lowest BCUT2D eigenvalue weighted by atomic mass is 10.0. The molecule has 33 heavy (non-hydrogen) atoms. The summed E-state index contributed by atoms with van der Waals surface area (Å²) in [6.07, 6.45) is 3.70. The van der Waals surface area contributed by atoms with Gasteiger partial charge in [-0.1, -0.05) is 6.07 Å². The largest absolute Gasteiger partial charge is 0.494 e. The highest BCUT2D eigenvalue weighted by Gasteiger charge is 2.23. The molecule has 2 aromatic carbocycles. The van der Waals surface area contributed by atoms with Gasteiger partial charge in [0.05, 0.1) is 12.8 Å². The van der Waals surface area contributed by atoms with Gasteiger partial charge in [-0.05, 0) is 75.8 Å². The lowest BCUT2D eigenvalue weighted by molar-refractivity contribution is 0.102. The highest BCUT2D eigenvalue weighted by atomic mass is 19.1. The number of hydrogen-bond donors (Lipinski definition) is 1. The molecule has 174 valence electrons. The average molecular weight is 452 g/mol. The fourth-order valence-electron chi connectivity index (χ4n) is 4.22. The number of piperidine rings is 1. The quantitative estimate of drug-likeness (QED) is 0.611. The number of halogens is 1. The van der Waals surface area contributed by atoms with Gasteiger partial charge in [0.1, 0.15) is 17.3 Å². The zero-order chi connectivity index (χ0) is 23.5. The first kappa shape index (κ1) is 22.8. The van der Waals surface area contributed by atoms with Crippen LogP contribution in [0, 0.1) is 12.7 Å². The number of ether oxygens (including phenoxy) is 1. The molecule has 8 heteroatoms. The van der Waals surface area contributed by atoms with E-state index in [1.165, 1.54) is 6.07 Å². The Bertz CT molecular complexity index is 1140. The Morgan fingerprint density at radius 3 is 2.55 bits per heavy atom. The van der Waals surface area contributed by atoms with E-state index >= 15 is 0 Å². The third kappa shape index (κ3) is 5.01. The molecular formula is C25H30FN5O2. The predicted molar refractivity (Wildman–Crippen MR) is 128 cm³/mol. The number of benzene rings is 2. The molecule has 1 fully saturated rings. The highest BCUT2D eigenvalue weighted by molar-refractivity contribution is 6.02. The van der Waals surface area contributed by atoms with Gasteiger partial charge in [0.25, 0.3) is 5.91 Å². The fourth-order valence-corrected chi connectivity index (χ4v) is 4.22. The first-order chi connectivity index (χ1) is 15.9. The number of nitrogens with one attached hydrogen (secondary N) is 1. The number of aromatic nitrogens is 2. The molecule has 2 heterocycles. The topological polar surface area (TPSA) is 62.6 Å². The summed E-state index contributed by atoms with van der Waals surface area (Å²) in [4.78, 5) is 17.0. The van der Waals surface area contributed by atoms with Crippen LogP contribution < -0.4 is 15.0 Å². The summed E-state index contributed by atoms with van der Waals surface area (Å²) in [7, 11) is 5.76. The van der Waals surface area contributed by atoms with Crippen molar-refractivity contribution in [2.45, 2.75) is 25.8 Å². The summed E-state index contributed by atoms with van der Waals surface area (Å²) >= 11 is 0. The molecule has 0 atom stereocenters. The van der Waals surface area contributed by atoms with Crippen molar-refractivity contribution < 1.29 is 13.9 Å². The number of carbonyl (C=O) groups excluding carboxylic acids is 1. The molecule has 1 N–H and O–H groups in total. The van der Waals surface area contributed by atoms with E-state index in [1.807, 2.05) is 25.1 Å². The number of amides is 1. The molecule has 4 rings (SSSR count). The number of anilines is 2. The van der Waals surface area contributed by atoms with Crippen molar-refractivity contribution in [2.75, 3.05) is 44.5 Å². The molecule has 1 aromatic heterocycles. The average Bonchev–Trinajstić information content (AvgIpc) is 3.30. The minimum Gasteiger partial charge on any atom is -0.494 e. The van der Waals surface area contributed by atoms with Crippen LogP contribution in [0.1, 0.15) is 28.9 Å². The van der Waals surface area contributed by atoms with Crippen molar-refractivity contribution in [1.29, 1.82) is 0 Å².